The standard InChI is InChI=1S/C26H32N2O4/c1-31-20-12-13-21(24(14-20)32-2)22-16-28(26(30)19-10-6-7-11-19)17-23(22)25(29)27-15-18-8-4-3-5-9-18/h3-5,8-9,12-14,19,22-23H,6-7,10-11,15-17H2,1-2H3,(H,27,29). The van der Waals surface area contributed by atoms with Crippen LogP contribution in [-0.2, 0) is 16.1 Å². The van der Waals surface area contributed by atoms with Crippen LogP contribution in [0.15, 0.2) is 48.5 Å². The molecule has 32 heavy (non-hydrogen) atoms. The smallest absolute Gasteiger partial charge is 0.225 e. The fourth-order valence-electron chi connectivity index (χ4n) is 5.04. The second-order valence-corrected chi connectivity index (χ2v) is 8.75. The average Bonchev–Trinajstić information content (AvgIpc) is 3.53. The highest BCUT2D eigenvalue weighted by atomic mass is 16.5. The maximum Gasteiger partial charge on any atom is 0.225 e. The number of methoxy groups -OCH3 is 2. The molecular weight excluding hydrogens is 404 g/mol. The van der Waals surface area contributed by atoms with E-state index in [0.717, 1.165) is 36.8 Å². The van der Waals surface area contributed by atoms with Gasteiger partial charge in [-0.3, -0.25) is 9.59 Å². The third-order valence-electron chi connectivity index (χ3n) is 6.82. The lowest BCUT2D eigenvalue weighted by molar-refractivity contribution is -0.134. The maximum atomic E-state index is 13.3. The lowest BCUT2D eigenvalue weighted by atomic mass is 9.87. The number of benzene rings is 2. The van der Waals surface area contributed by atoms with Gasteiger partial charge in [-0.25, -0.2) is 0 Å². The fraction of sp³-hybridized carbons (Fsp3) is 0.462. The van der Waals surface area contributed by atoms with Crippen LogP contribution < -0.4 is 14.8 Å². The molecule has 2 unspecified atom stereocenters. The molecule has 0 bridgehead atoms. The summed E-state index contributed by atoms with van der Waals surface area (Å²) in [5.74, 6) is 1.19. The van der Waals surface area contributed by atoms with Crippen molar-refractivity contribution < 1.29 is 19.1 Å². The van der Waals surface area contributed by atoms with Crippen molar-refractivity contribution in [1.29, 1.82) is 0 Å². The van der Waals surface area contributed by atoms with Gasteiger partial charge in [0, 0.05) is 43.1 Å². The monoisotopic (exact) mass is 436 g/mol. The summed E-state index contributed by atoms with van der Waals surface area (Å²) in [4.78, 5) is 28.4. The van der Waals surface area contributed by atoms with Crippen LogP contribution >= 0.6 is 0 Å². The zero-order chi connectivity index (χ0) is 22.5. The van der Waals surface area contributed by atoms with Crippen LogP contribution in [-0.4, -0.2) is 44.0 Å². The zero-order valence-corrected chi connectivity index (χ0v) is 18.9. The predicted molar refractivity (Wildman–Crippen MR) is 123 cm³/mol. The van der Waals surface area contributed by atoms with Crippen LogP contribution in [0.1, 0.15) is 42.7 Å². The fourth-order valence-corrected chi connectivity index (χ4v) is 5.04. The minimum absolute atomic E-state index is 0.0292. The molecule has 1 N–H and O–H groups in total. The molecular formula is C26H32N2O4. The number of hydrogen-bond donors (Lipinski definition) is 1. The van der Waals surface area contributed by atoms with E-state index in [4.69, 9.17) is 9.47 Å². The van der Waals surface area contributed by atoms with E-state index in [1.54, 1.807) is 14.2 Å². The molecule has 0 spiro atoms. The van der Waals surface area contributed by atoms with Crippen LogP contribution in [0.25, 0.3) is 0 Å². The van der Waals surface area contributed by atoms with Crippen molar-refractivity contribution >= 4 is 11.8 Å². The third kappa shape index (κ3) is 4.74. The Hall–Kier alpha value is -3.02. The molecule has 1 aliphatic carbocycles. The number of hydrogen-bond acceptors (Lipinski definition) is 4. The third-order valence-corrected chi connectivity index (χ3v) is 6.82. The summed E-state index contributed by atoms with van der Waals surface area (Å²) in [5, 5.41) is 3.09. The van der Waals surface area contributed by atoms with E-state index < -0.39 is 0 Å². The van der Waals surface area contributed by atoms with E-state index in [0.29, 0.717) is 31.1 Å². The molecule has 4 rings (SSSR count). The Morgan fingerprint density at radius 2 is 1.75 bits per heavy atom. The normalized spacial score (nSPS) is 20.9. The van der Waals surface area contributed by atoms with Gasteiger partial charge in [0.2, 0.25) is 11.8 Å². The lowest BCUT2D eigenvalue weighted by Gasteiger charge is -2.21. The molecule has 170 valence electrons. The molecule has 2 aromatic carbocycles. The highest BCUT2D eigenvalue weighted by Gasteiger charge is 2.43. The number of ether oxygens (including phenoxy) is 2. The Labute approximate surface area is 189 Å². The van der Waals surface area contributed by atoms with Gasteiger partial charge in [0.05, 0.1) is 20.1 Å². The number of rotatable bonds is 7. The van der Waals surface area contributed by atoms with Crippen LogP contribution in [0.4, 0.5) is 0 Å². The van der Waals surface area contributed by atoms with Crippen LogP contribution in [0.2, 0.25) is 0 Å². The summed E-state index contributed by atoms with van der Waals surface area (Å²) >= 11 is 0. The molecule has 1 heterocycles. The maximum absolute atomic E-state index is 13.3. The Morgan fingerprint density at radius 1 is 1.00 bits per heavy atom. The van der Waals surface area contributed by atoms with E-state index in [1.165, 1.54) is 0 Å². The van der Waals surface area contributed by atoms with Gasteiger partial charge in [-0.15, -0.1) is 0 Å². The minimum Gasteiger partial charge on any atom is -0.497 e. The van der Waals surface area contributed by atoms with Gasteiger partial charge < -0.3 is 19.7 Å². The Bertz CT molecular complexity index is 940. The molecule has 6 nitrogen and oxygen atoms in total. The second kappa shape index (κ2) is 10.1. The van der Waals surface area contributed by atoms with Gasteiger partial charge in [0.25, 0.3) is 0 Å². The van der Waals surface area contributed by atoms with Crippen molar-refractivity contribution in [1.82, 2.24) is 10.2 Å². The molecule has 1 saturated heterocycles. The van der Waals surface area contributed by atoms with Crippen molar-refractivity contribution in [3.05, 3.63) is 59.7 Å². The van der Waals surface area contributed by atoms with Crippen LogP contribution in [0.3, 0.4) is 0 Å². The molecule has 2 fully saturated rings. The summed E-state index contributed by atoms with van der Waals surface area (Å²) in [5.41, 5.74) is 1.99. The van der Waals surface area contributed by atoms with E-state index in [2.05, 4.69) is 5.32 Å². The number of nitrogens with zero attached hydrogens (tertiary/aromatic N) is 1. The van der Waals surface area contributed by atoms with Crippen LogP contribution in [0.5, 0.6) is 11.5 Å². The average molecular weight is 437 g/mol. The van der Waals surface area contributed by atoms with E-state index in [9.17, 15) is 9.59 Å². The highest BCUT2D eigenvalue weighted by Crippen LogP contribution is 2.40. The van der Waals surface area contributed by atoms with Crippen molar-refractivity contribution in [3.8, 4) is 11.5 Å². The van der Waals surface area contributed by atoms with E-state index >= 15 is 0 Å². The van der Waals surface area contributed by atoms with Crippen molar-refractivity contribution in [2.24, 2.45) is 11.8 Å². The molecule has 1 aliphatic heterocycles. The van der Waals surface area contributed by atoms with Crippen molar-refractivity contribution in [3.63, 3.8) is 0 Å². The molecule has 2 amide bonds. The van der Waals surface area contributed by atoms with E-state index in [-0.39, 0.29) is 29.6 Å². The number of carbonyl (C=O) groups is 2. The highest BCUT2D eigenvalue weighted by molar-refractivity contribution is 5.84. The summed E-state index contributed by atoms with van der Waals surface area (Å²) in [6.45, 7) is 1.44. The summed E-state index contributed by atoms with van der Waals surface area (Å²) in [7, 11) is 3.24. The molecule has 2 atom stereocenters. The van der Waals surface area contributed by atoms with Gasteiger partial charge in [-0.2, -0.15) is 0 Å². The quantitative estimate of drug-likeness (QED) is 0.718. The van der Waals surface area contributed by atoms with Gasteiger partial charge >= 0.3 is 0 Å². The molecule has 0 aromatic heterocycles. The van der Waals surface area contributed by atoms with Crippen molar-refractivity contribution in [2.45, 2.75) is 38.1 Å². The summed E-state index contributed by atoms with van der Waals surface area (Å²) < 4.78 is 11.0. The second-order valence-electron chi connectivity index (χ2n) is 8.75. The topological polar surface area (TPSA) is 67.9 Å². The predicted octanol–water partition coefficient (Wildman–Crippen LogP) is 3.75. The zero-order valence-electron chi connectivity index (χ0n) is 18.9. The number of amides is 2. The molecule has 6 heteroatoms. The first-order valence-electron chi connectivity index (χ1n) is 11.4. The van der Waals surface area contributed by atoms with Crippen molar-refractivity contribution in [2.75, 3.05) is 27.3 Å². The molecule has 0 radical (unpaired) electrons. The number of nitrogens with one attached hydrogen (secondary N) is 1. The Kier molecular flexibility index (Phi) is 6.98. The largest absolute Gasteiger partial charge is 0.497 e. The van der Waals surface area contributed by atoms with E-state index in [1.807, 2.05) is 53.4 Å². The molecule has 2 aromatic rings. The van der Waals surface area contributed by atoms with Gasteiger partial charge in [-0.05, 0) is 24.5 Å². The van der Waals surface area contributed by atoms with Gasteiger partial charge in [0.1, 0.15) is 11.5 Å². The summed E-state index contributed by atoms with van der Waals surface area (Å²) in [6.07, 6.45) is 4.13. The van der Waals surface area contributed by atoms with Gasteiger partial charge in [0.15, 0.2) is 0 Å². The number of carbonyl (C=O) groups excluding carboxylic acids is 2. The first-order chi connectivity index (χ1) is 15.6. The van der Waals surface area contributed by atoms with Crippen LogP contribution in [0, 0.1) is 11.8 Å². The minimum atomic E-state index is -0.327. The Balaban J connectivity index is 1.57. The first-order valence-corrected chi connectivity index (χ1v) is 11.4. The molecule has 1 saturated carbocycles. The van der Waals surface area contributed by atoms with Gasteiger partial charge in [-0.1, -0.05) is 49.2 Å². The Morgan fingerprint density at radius 3 is 2.44 bits per heavy atom. The number of likely N-dealkylation sites (tertiary alicyclic amines) is 1. The summed E-state index contributed by atoms with van der Waals surface area (Å²) in [6, 6.07) is 15.6. The lowest BCUT2D eigenvalue weighted by Crippen LogP contribution is -2.36. The molecule has 2 aliphatic rings. The first kappa shape index (κ1) is 22.2. The SMILES string of the molecule is COc1ccc(C2CN(C(=O)C3CCCC3)CC2C(=O)NCc2ccccc2)c(OC)c1.